The summed E-state index contributed by atoms with van der Waals surface area (Å²) < 4.78 is 35.8. The highest BCUT2D eigenvalue weighted by Gasteiger charge is 2.19. The van der Waals surface area contributed by atoms with Gasteiger partial charge in [0.05, 0.1) is 20.4 Å². The molecule has 6 nitrogen and oxygen atoms in total. The zero-order chi connectivity index (χ0) is 16.9. The van der Waals surface area contributed by atoms with Crippen LogP contribution in [0.15, 0.2) is 56.9 Å². The van der Waals surface area contributed by atoms with Crippen LogP contribution in [-0.2, 0) is 10.0 Å². The summed E-state index contributed by atoms with van der Waals surface area (Å²) >= 11 is 3.32. The Morgan fingerprint density at radius 2 is 1.78 bits per heavy atom. The van der Waals surface area contributed by atoms with E-state index in [4.69, 9.17) is 9.47 Å². The van der Waals surface area contributed by atoms with Crippen LogP contribution in [0, 0.1) is 0 Å². The molecule has 0 saturated carbocycles. The SMILES string of the molecule is COc1ccc(OC)c(S(=O)(=O)N/N=C/c2ccc(Br)cc2)c1. The van der Waals surface area contributed by atoms with Crippen LogP contribution in [0.4, 0.5) is 0 Å². The Labute approximate surface area is 143 Å². The lowest BCUT2D eigenvalue weighted by atomic mass is 10.2. The largest absolute Gasteiger partial charge is 0.497 e. The predicted molar refractivity (Wildman–Crippen MR) is 91.6 cm³/mol. The van der Waals surface area contributed by atoms with E-state index in [1.54, 1.807) is 18.2 Å². The van der Waals surface area contributed by atoms with E-state index >= 15 is 0 Å². The number of ether oxygens (including phenoxy) is 2. The maximum absolute atomic E-state index is 12.4. The number of sulfonamides is 1. The highest BCUT2D eigenvalue weighted by Crippen LogP contribution is 2.27. The highest BCUT2D eigenvalue weighted by molar-refractivity contribution is 9.10. The molecule has 122 valence electrons. The maximum atomic E-state index is 12.4. The standard InChI is InChI=1S/C15H15BrN2O4S/c1-21-13-7-8-14(22-2)15(9-13)23(19,20)18-17-10-11-3-5-12(16)6-4-11/h3-10,18H,1-2H3/b17-10+. The average molecular weight is 399 g/mol. The van der Waals surface area contributed by atoms with Crippen LogP contribution in [0.1, 0.15) is 5.56 Å². The Bertz CT molecular complexity index is 805. The molecule has 8 heteroatoms. The van der Waals surface area contributed by atoms with Crippen molar-refractivity contribution in [2.45, 2.75) is 4.90 Å². The fourth-order valence-electron chi connectivity index (χ4n) is 1.76. The van der Waals surface area contributed by atoms with Gasteiger partial charge in [0.25, 0.3) is 10.0 Å². The Balaban J connectivity index is 2.23. The van der Waals surface area contributed by atoms with Crippen molar-refractivity contribution in [1.82, 2.24) is 4.83 Å². The minimum Gasteiger partial charge on any atom is -0.497 e. The summed E-state index contributed by atoms with van der Waals surface area (Å²) in [7, 11) is -1.03. The predicted octanol–water partition coefficient (Wildman–Crippen LogP) is 2.78. The maximum Gasteiger partial charge on any atom is 0.280 e. The molecule has 0 saturated heterocycles. The van der Waals surface area contributed by atoms with Gasteiger partial charge in [-0.1, -0.05) is 28.1 Å². The molecule has 0 aliphatic heterocycles. The van der Waals surface area contributed by atoms with Crippen molar-refractivity contribution in [3.05, 3.63) is 52.5 Å². The van der Waals surface area contributed by atoms with Gasteiger partial charge in [-0.25, -0.2) is 0 Å². The summed E-state index contributed by atoms with van der Waals surface area (Å²) in [6.07, 6.45) is 1.41. The number of benzene rings is 2. The van der Waals surface area contributed by atoms with E-state index in [9.17, 15) is 8.42 Å². The van der Waals surface area contributed by atoms with Crippen LogP contribution in [0.2, 0.25) is 0 Å². The number of methoxy groups -OCH3 is 2. The Morgan fingerprint density at radius 1 is 1.09 bits per heavy atom. The fourth-order valence-corrected chi connectivity index (χ4v) is 3.00. The van der Waals surface area contributed by atoms with Gasteiger partial charge in [0.1, 0.15) is 16.4 Å². The molecule has 2 aromatic rings. The molecule has 0 heterocycles. The second-order valence-electron chi connectivity index (χ2n) is 4.42. The number of hydrogen-bond donors (Lipinski definition) is 1. The lowest BCUT2D eigenvalue weighted by Crippen LogP contribution is -2.19. The number of halogens is 1. The summed E-state index contributed by atoms with van der Waals surface area (Å²) in [4.78, 5) is 2.11. The van der Waals surface area contributed by atoms with Gasteiger partial charge < -0.3 is 9.47 Å². The van der Waals surface area contributed by atoms with E-state index in [0.717, 1.165) is 10.0 Å². The van der Waals surface area contributed by atoms with Crippen LogP contribution in [0.3, 0.4) is 0 Å². The zero-order valence-electron chi connectivity index (χ0n) is 12.5. The highest BCUT2D eigenvalue weighted by atomic mass is 79.9. The van der Waals surface area contributed by atoms with E-state index in [1.807, 2.05) is 12.1 Å². The number of nitrogens with zero attached hydrogens (tertiary/aromatic N) is 1. The molecule has 0 fully saturated rings. The van der Waals surface area contributed by atoms with E-state index in [1.165, 1.54) is 32.6 Å². The molecule has 0 atom stereocenters. The summed E-state index contributed by atoms with van der Waals surface area (Å²) in [6, 6.07) is 11.8. The first-order chi connectivity index (χ1) is 11.0. The molecule has 0 bridgehead atoms. The summed E-state index contributed by atoms with van der Waals surface area (Å²) in [5.74, 6) is 0.611. The lowest BCUT2D eigenvalue weighted by Gasteiger charge is -2.10. The smallest absolute Gasteiger partial charge is 0.280 e. The second kappa shape index (κ2) is 7.47. The van der Waals surface area contributed by atoms with Crippen molar-refractivity contribution in [1.29, 1.82) is 0 Å². The molecule has 0 amide bonds. The van der Waals surface area contributed by atoms with Gasteiger partial charge >= 0.3 is 0 Å². The van der Waals surface area contributed by atoms with Crippen LogP contribution in [-0.4, -0.2) is 28.9 Å². The molecular formula is C15H15BrN2O4S. The minimum atomic E-state index is -3.88. The molecule has 2 aromatic carbocycles. The lowest BCUT2D eigenvalue weighted by molar-refractivity contribution is 0.392. The quantitative estimate of drug-likeness (QED) is 0.599. The number of nitrogens with one attached hydrogen (secondary N) is 1. The van der Waals surface area contributed by atoms with E-state index in [0.29, 0.717) is 5.75 Å². The molecule has 0 aliphatic carbocycles. The minimum absolute atomic E-state index is 0.0488. The molecule has 2 rings (SSSR count). The monoisotopic (exact) mass is 398 g/mol. The van der Waals surface area contributed by atoms with Crippen LogP contribution < -0.4 is 14.3 Å². The van der Waals surface area contributed by atoms with Gasteiger partial charge in [-0.3, -0.25) is 0 Å². The number of hydrogen-bond acceptors (Lipinski definition) is 5. The first kappa shape index (κ1) is 17.3. The van der Waals surface area contributed by atoms with Crippen molar-refractivity contribution < 1.29 is 17.9 Å². The number of rotatable bonds is 6. The van der Waals surface area contributed by atoms with Crippen molar-refractivity contribution in [2.24, 2.45) is 5.10 Å². The Hall–Kier alpha value is -2.06. The molecule has 0 aliphatic rings. The van der Waals surface area contributed by atoms with Gasteiger partial charge in [0, 0.05) is 10.5 Å². The van der Waals surface area contributed by atoms with Crippen LogP contribution >= 0.6 is 15.9 Å². The Kier molecular flexibility index (Phi) is 5.62. The fraction of sp³-hybridized carbons (Fsp3) is 0.133. The normalized spacial score (nSPS) is 11.4. The van der Waals surface area contributed by atoms with Crippen molar-refractivity contribution in [3.8, 4) is 11.5 Å². The topological polar surface area (TPSA) is 77.0 Å². The molecule has 0 aromatic heterocycles. The third kappa shape index (κ3) is 4.46. The summed E-state index contributed by atoms with van der Waals surface area (Å²) in [6.45, 7) is 0. The van der Waals surface area contributed by atoms with Gasteiger partial charge in [0.2, 0.25) is 0 Å². The molecular weight excluding hydrogens is 384 g/mol. The Morgan fingerprint density at radius 3 is 2.39 bits per heavy atom. The molecule has 23 heavy (non-hydrogen) atoms. The van der Waals surface area contributed by atoms with Gasteiger partial charge in [-0.05, 0) is 29.8 Å². The molecule has 0 spiro atoms. The van der Waals surface area contributed by atoms with Crippen molar-refractivity contribution in [2.75, 3.05) is 14.2 Å². The van der Waals surface area contributed by atoms with E-state index in [2.05, 4.69) is 25.9 Å². The summed E-state index contributed by atoms with van der Waals surface area (Å²) in [5.41, 5.74) is 0.758. The summed E-state index contributed by atoms with van der Waals surface area (Å²) in [5, 5.41) is 3.78. The third-order valence-electron chi connectivity index (χ3n) is 2.92. The second-order valence-corrected chi connectivity index (χ2v) is 6.97. The molecule has 1 N–H and O–H groups in total. The molecule has 0 unspecified atom stereocenters. The third-order valence-corrected chi connectivity index (χ3v) is 4.69. The average Bonchev–Trinajstić information content (AvgIpc) is 2.56. The van der Waals surface area contributed by atoms with E-state index < -0.39 is 10.0 Å². The first-order valence-corrected chi connectivity index (χ1v) is 8.76. The van der Waals surface area contributed by atoms with Gasteiger partial charge in [-0.2, -0.15) is 18.4 Å². The van der Waals surface area contributed by atoms with E-state index in [-0.39, 0.29) is 10.6 Å². The first-order valence-electron chi connectivity index (χ1n) is 6.49. The van der Waals surface area contributed by atoms with Gasteiger partial charge in [-0.15, -0.1) is 0 Å². The zero-order valence-corrected chi connectivity index (χ0v) is 14.9. The van der Waals surface area contributed by atoms with Crippen LogP contribution in [0.5, 0.6) is 11.5 Å². The van der Waals surface area contributed by atoms with Crippen molar-refractivity contribution in [3.63, 3.8) is 0 Å². The van der Waals surface area contributed by atoms with Crippen LogP contribution in [0.25, 0.3) is 0 Å². The van der Waals surface area contributed by atoms with Crippen molar-refractivity contribution >= 4 is 32.2 Å². The molecule has 0 radical (unpaired) electrons. The number of hydrazone groups is 1. The van der Waals surface area contributed by atoms with Gasteiger partial charge in [0.15, 0.2) is 0 Å².